The van der Waals surface area contributed by atoms with Gasteiger partial charge in [-0.25, -0.2) is 0 Å². The molecule has 5 aromatic carbocycles. The first-order valence-corrected chi connectivity index (χ1v) is 19.0. The van der Waals surface area contributed by atoms with Crippen LogP contribution in [0.1, 0.15) is 119 Å². The van der Waals surface area contributed by atoms with Crippen molar-refractivity contribution >= 4 is 65.4 Å². The first-order chi connectivity index (χ1) is 23.9. The molecule has 0 amide bonds. The Balaban J connectivity index is 1.47. The summed E-state index contributed by atoms with van der Waals surface area (Å²) in [5, 5.41) is 7.97. The van der Waals surface area contributed by atoms with Crippen LogP contribution < -0.4 is 0 Å². The number of aromatic nitrogens is 3. The second kappa shape index (κ2) is 11.0. The predicted molar refractivity (Wildman–Crippen MR) is 224 cm³/mol. The van der Waals surface area contributed by atoms with Crippen molar-refractivity contribution in [1.29, 1.82) is 0 Å². The molecule has 8 rings (SSSR count). The molecule has 0 unspecified atom stereocenters. The second-order valence-corrected chi connectivity index (χ2v) is 18.8. The molecule has 3 heteroatoms. The molecule has 0 aliphatic heterocycles. The van der Waals surface area contributed by atoms with Crippen LogP contribution in [0.15, 0.2) is 84.9 Å². The molecule has 51 heavy (non-hydrogen) atoms. The number of benzene rings is 5. The lowest BCUT2D eigenvalue weighted by Gasteiger charge is -2.19. The van der Waals surface area contributed by atoms with Crippen LogP contribution in [0.25, 0.3) is 71.1 Å². The smallest absolute Gasteiger partial charge is 0.0741 e. The minimum absolute atomic E-state index is 0.0694. The van der Waals surface area contributed by atoms with E-state index in [0.717, 1.165) is 0 Å². The van der Waals surface area contributed by atoms with Gasteiger partial charge in [-0.3, -0.25) is 0 Å². The van der Waals surface area contributed by atoms with Gasteiger partial charge in [-0.05, 0) is 115 Å². The number of hydrogen-bond donors (Lipinski definition) is 0. The normalized spacial score (nSPS) is 13.5. The number of rotatable bonds is 3. The Labute approximate surface area is 303 Å². The van der Waals surface area contributed by atoms with Crippen LogP contribution in [0, 0.1) is 0 Å². The van der Waals surface area contributed by atoms with Crippen LogP contribution in [0.2, 0.25) is 0 Å². The number of nitrogens with zero attached hydrogens (tertiary/aromatic N) is 3. The van der Waals surface area contributed by atoms with E-state index in [1.807, 2.05) is 0 Å². The SMILES string of the molecule is CC(C)n1c2ccc(-n3c4ccc(C(C)(C)C)cc4c4cc(C(C)(C)C)ccc43)cc2c2ccc3c4cc(C(C)(C)C)ccc4n(C(C)C)c3c21. The van der Waals surface area contributed by atoms with Crippen molar-refractivity contribution in [3.63, 3.8) is 0 Å². The summed E-state index contributed by atoms with van der Waals surface area (Å²) in [5.74, 6) is 0. The van der Waals surface area contributed by atoms with E-state index in [1.54, 1.807) is 0 Å². The van der Waals surface area contributed by atoms with E-state index in [1.165, 1.54) is 87.8 Å². The van der Waals surface area contributed by atoms with Crippen molar-refractivity contribution in [2.24, 2.45) is 0 Å². The highest BCUT2D eigenvalue weighted by molar-refractivity contribution is 6.23. The highest BCUT2D eigenvalue weighted by atomic mass is 15.1. The summed E-state index contributed by atoms with van der Waals surface area (Å²) in [6, 6.07) is 34.0. The summed E-state index contributed by atoms with van der Waals surface area (Å²) in [5.41, 5.74) is 13.3. The largest absolute Gasteiger partial charge is 0.336 e. The molecule has 3 heterocycles. The third kappa shape index (κ3) is 5.06. The van der Waals surface area contributed by atoms with Crippen LogP contribution in [-0.2, 0) is 16.2 Å². The van der Waals surface area contributed by atoms with Crippen molar-refractivity contribution in [1.82, 2.24) is 13.7 Å². The van der Waals surface area contributed by atoms with E-state index in [2.05, 4.69) is 189 Å². The lowest BCUT2D eigenvalue weighted by molar-refractivity contribution is 0.590. The van der Waals surface area contributed by atoms with Gasteiger partial charge in [0.2, 0.25) is 0 Å². The van der Waals surface area contributed by atoms with Gasteiger partial charge in [0.25, 0.3) is 0 Å². The van der Waals surface area contributed by atoms with E-state index >= 15 is 0 Å². The molecule has 0 spiro atoms. The summed E-state index contributed by atoms with van der Waals surface area (Å²) in [6.45, 7) is 30.1. The molecule has 262 valence electrons. The highest BCUT2D eigenvalue weighted by Gasteiger charge is 2.25. The van der Waals surface area contributed by atoms with Gasteiger partial charge in [0.15, 0.2) is 0 Å². The van der Waals surface area contributed by atoms with Crippen molar-refractivity contribution in [3.8, 4) is 5.69 Å². The fourth-order valence-corrected chi connectivity index (χ4v) is 8.57. The van der Waals surface area contributed by atoms with E-state index < -0.39 is 0 Å². The van der Waals surface area contributed by atoms with Crippen molar-refractivity contribution < 1.29 is 0 Å². The van der Waals surface area contributed by atoms with E-state index in [9.17, 15) is 0 Å². The topological polar surface area (TPSA) is 14.8 Å². The van der Waals surface area contributed by atoms with Gasteiger partial charge < -0.3 is 13.7 Å². The molecule has 3 aromatic heterocycles. The van der Waals surface area contributed by atoms with Crippen LogP contribution >= 0.6 is 0 Å². The first-order valence-electron chi connectivity index (χ1n) is 19.0. The maximum atomic E-state index is 2.59. The summed E-state index contributed by atoms with van der Waals surface area (Å²) in [7, 11) is 0. The Morgan fingerprint density at radius 3 is 1.08 bits per heavy atom. The molecule has 3 nitrogen and oxygen atoms in total. The number of fused-ring (bicyclic) bond motifs is 10. The lowest BCUT2D eigenvalue weighted by atomic mass is 9.85. The zero-order chi connectivity index (χ0) is 36.5. The maximum Gasteiger partial charge on any atom is 0.0741 e. The van der Waals surface area contributed by atoms with E-state index in [-0.39, 0.29) is 16.2 Å². The minimum Gasteiger partial charge on any atom is -0.336 e. The average Bonchev–Trinajstić information content (AvgIpc) is 3.68. The molecule has 0 fully saturated rings. The maximum absolute atomic E-state index is 2.59. The molecule has 0 saturated heterocycles. The van der Waals surface area contributed by atoms with Gasteiger partial charge in [0.1, 0.15) is 0 Å². The predicted octanol–water partition coefficient (Wildman–Crippen LogP) is 14.1. The quantitative estimate of drug-likeness (QED) is 0.177. The molecule has 0 radical (unpaired) electrons. The highest BCUT2D eigenvalue weighted by Crippen LogP contribution is 2.44. The van der Waals surface area contributed by atoms with Crippen molar-refractivity contribution in [2.45, 2.75) is 118 Å². The molecule has 0 atom stereocenters. The minimum atomic E-state index is 0.0694. The Bertz CT molecular complexity index is 2610. The van der Waals surface area contributed by atoms with Crippen LogP contribution in [0.3, 0.4) is 0 Å². The molecule has 0 saturated carbocycles. The molecular formula is C48H55N3. The molecule has 0 bridgehead atoms. The van der Waals surface area contributed by atoms with Crippen molar-refractivity contribution in [3.05, 3.63) is 102 Å². The van der Waals surface area contributed by atoms with Gasteiger partial charge in [-0.15, -0.1) is 0 Å². The summed E-state index contributed by atoms with van der Waals surface area (Å²) in [6.07, 6.45) is 0. The summed E-state index contributed by atoms with van der Waals surface area (Å²) in [4.78, 5) is 0. The average molecular weight is 674 g/mol. The van der Waals surface area contributed by atoms with E-state index in [0.29, 0.717) is 12.1 Å². The Morgan fingerprint density at radius 2 is 0.706 bits per heavy atom. The third-order valence-corrected chi connectivity index (χ3v) is 11.4. The fraction of sp³-hybridized carbons (Fsp3) is 0.375. The van der Waals surface area contributed by atoms with Crippen LogP contribution in [0.4, 0.5) is 0 Å². The van der Waals surface area contributed by atoms with Crippen LogP contribution in [-0.4, -0.2) is 13.7 Å². The molecule has 0 aliphatic carbocycles. The van der Waals surface area contributed by atoms with Gasteiger partial charge in [-0.2, -0.15) is 0 Å². The zero-order valence-corrected chi connectivity index (χ0v) is 33.1. The van der Waals surface area contributed by atoms with Gasteiger partial charge in [-0.1, -0.05) is 92.6 Å². The van der Waals surface area contributed by atoms with E-state index in [4.69, 9.17) is 0 Å². The van der Waals surface area contributed by atoms with Crippen molar-refractivity contribution in [2.75, 3.05) is 0 Å². The standard InChI is InChI=1S/C48H55N3/c1-28(2)49-40-20-14-30(46(5,6)7)24-36(40)34-18-19-35-39-27-33(17-23-41(39)50(29(3)4)45(35)44(34)49)51-42-21-15-31(47(8,9)10)25-37(42)38-26-32(48(11,12)13)16-22-43(38)51/h14-29H,1-13H3. The number of hydrogen-bond acceptors (Lipinski definition) is 0. The van der Waals surface area contributed by atoms with Gasteiger partial charge >= 0.3 is 0 Å². The Morgan fingerprint density at radius 1 is 0.373 bits per heavy atom. The summed E-state index contributed by atoms with van der Waals surface area (Å²) < 4.78 is 7.68. The Hall–Kier alpha value is -4.50. The first kappa shape index (κ1) is 33.6. The fourth-order valence-electron chi connectivity index (χ4n) is 8.57. The van der Waals surface area contributed by atoms with Gasteiger partial charge in [0.05, 0.1) is 22.1 Å². The molecule has 0 aliphatic rings. The molecule has 0 N–H and O–H groups in total. The van der Waals surface area contributed by atoms with Crippen LogP contribution in [0.5, 0.6) is 0 Å². The Kier molecular flexibility index (Phi) is 7.25. The van der Waals surface area contributed by atoms with Gasteiger partial charge in [0, 0.05) is 61.1 Å². The summed E-state index contributed by atoms with van der Waals surface area (Å²) >= 11 is 0. The molecular weight excluding hydrogens is 619 g/mol. The third-order valence-electron chi connectivity index (χ3n) is 11.4. The zero-order valence-electron chi connectivity index (χ0n) is 33.1. The molecule has 8 aromatic rings. The monoisotopic (exact) mass is 673 g/mol. The second-order valence-electron chi connectivity index (χ2n) is 18.8. The lowest BCUT2D eigenvalue weighted by Crippen LogP contribution is -2.10.